The summed E-state index contributed by atoms with van der Waals surface area (Å²) in [5, 5.41) is 11.9. The Hall–Kier alpha value is -1.64. The van der Waals surface area contributed by atoms with Gasteiger partial charge in [0.2, 0.25) is 15.9 Å². The average Bonchev–Trinajstić information content (AvgIpc) is 2.45. The summed E-state index contributed by atoms with van der Waals surface area (Å²) < 4.78 is 26.6. The molecular weight excluding hydrogens is 356 g/mol. The van der Waals surface area contributed by atoms with Crippen molar-refractivity contribution >= 4 is 33.5 Å². The van der Waals surface area contributed by atoms with Gasteiger partial charge in [-0.15, -0.1) is 0 Å². The lowest BCUT2D eigenvalue weighted by atomic mass is 10.0. The predicted molar refractivity (Wildman–Crippen MR) is 90.3 cm³/mol. The molecule has 0 saturated heterocycles. The molecule has 0 heterocycles. The number of carboxylic acid groups (broad SMARTS) is 1. The number of carbonyl (C=O) groups excluding carboxylic acids is 1. The van der Waals surface area contributed by atoms with E-state index in [4.69, 9.17) is 16.7 Å². The third kappa shape index (κ3) is 6.10. The highest BCUT2D eigenvalue weighted by atomic mass is 35.5. The van der Waals surface area contributed by atoms with Crippen LogP contribution in [-0.2, 0) is 19.6 Å². The Morgan fingerprint density at radius 2 is 1.71 bits per heavy atom. The molecule has 0 aliphatic carbocycles. The van der Waals surface area contributed by atoms with E-state index in [2.05, 4.69) is 10.0 Å². The van der Waals surface area contributed by atoms with Crippen molar-refractivity contribution in [3.05, 3.63) is 29.3 Å². The number of rotatable bonds is 8. The average molecular weight is 377 g/mol. The van der Waals surface area contributed by atoms with Crippen molar-refractivity contribution in [2.75, 3.05) is 0 Å². The van der Waals surface area contributed by atoms with Crippen molar-refractivity contribution in [3.63, 3.8) is 0 Å². The molecule has 9 heteroatoms. The summed E-state index contributed by atoms with van der Waals surface area (Å²) >= 11 is 5.71. The van der Waals surface area contributed by atoms with Crippen LogP contribution in [0.3, 0.4) is 0 Å². The Bertz CT molecular complexity index is 688. The third-order valence-electron chi connectivity index (χ3n) is 3.17. The molecule has 2 atom stereocenters. The first-order valence-electron chi connectivity index (χ1n) is 7.34. The Balaban J connectivity index is 2.78. The summed E-state index contributed by atoms with van der Waals surface area (Å²) in [4.78, 5) is 23.2. The van der Waals surface area contributed by atoms with Crippen LogP contribution < -0.4 is 10.0 Å². The van der Waals surface area contributed by atoms with E-state index in [-0.39, 0.29) is 17.2 Å². The molecule has 0 fully saturated rings. The minimum atomic E-state index is -3.92. The van der Waals surface area contributed by atoms with Crippen LogP contribution in [0.5, 0.6) is 0 Å². The number of carbonyl (C=O) groups is 2. The zero-order valence-corrected chi connectivity index (χ0v) is 15.2. The molecule has 1 aromatic carbocycles. The van der Waals surface area contributed by atoms with Crippen LogP contribution >= 0.6 is 11.6 Å². The van der Waals surface area contributed by atoms with Crippen molar-refractivity contribution in [1.29, 1.82) is 0 Å². The van der Waals surface area contributed by atoms with Crippen molar-refractivity contribution in [2.24, 2.45) is 5.92 Å². The van der Waals surface area contributed by atoms with Crippen LogP contribution in [0.4, 0.5) is 0 Å². The summed E-state index contributed by atoms with van der Waals surface area (Å²) in [6, 6.07) is 3.27. The molecule has 1 rings (SSSR count). The number of hydrogen-bond acceptors (Lipinski definition) is 4. The van der Waals surface area contributed by atoms with Gasteiger partial charge in [0, 0.05) is 5.02 Å². The maximum absolute atomic E-state index is 12.2. The second-order valence-electron chi connectivity index (χ2n) is 5.83. The molecule has 1 aromatic rings. The number of sulfonamides is 1. The number of benzene rings is 1. The minimum absolute atomic E-state index is 0.0384. The molecule has 0 spiro atoms. The van der Waals surface area contributed by atoms with Gasteiger partial charge in [-0.05, 0) is 43.5 Å². The standard InChI is InChI=1S/C15H21ClN2O5S/c1-9(2)8-13(15(20)21)17-14(19)10(3)18-24(22,23)12-6-4-11(16)5-7-12/h4-7,9-10,13,18H,8H2,1-3H3,(H,17,19)(H,20,21). The van der Waals surface area contributed by atoms with Gasteiger partial charge in [0.15, 0.2) is 0 Å². The maximum atomic E-state index is 12.2. The molecule has 0 radical (unpaired) electrons. The summed E-state index contributed by atoms with van der Waals surface area (Å²) in [7, 11) is -3.92. The topological polar surface area (TPSA) is 113 Å². The summed E-state index contributed by atoms with van der Waals surface area (Å²) in [6.07, 6.45) is 0.248. The SMILES string of the molecule is CC(C)CC(NC(=O)C(C)NS(=O)(=O)c1ccc(Cl)cc1)C(=O)O. The fourth-order valence-corrected chi connectivity index (χ4v) is 3.29. The fraction of sp³-hybridized carbons (Fsp3) is 0.467. The van der Waals surface area contributed by atoms with Crippen LogP contribution in [0.25, 0.3) is 0 Å². The third-order valence-corrected chi connectivity index (χ3v) is 4.98. The van der Waals surface area contributed by atoms with E-state index in [9.17, 15) is 18.0 Å². The number of halogens is 1. The predicted octanol–water partition coefficient (Wildman–Crippen LogP) is 1.62. The molecule has 0 aliphatic rings. The molecule has 134 valence electrons. The molecular formula is C15H21ClN2O5S. The van der Waals surface area contributed by atoms with Gasteiger partial charge >= 0.3 is 5.97 Å². The van der Waals surface area contributed by atoms with E-state index in [1.165, 1.54) is 31.2 Å². The van der Waals surface area contributed by atoms with E-state index in [1.54, 1.807) is 0 Å². The quantitative estimate of drug-likeness (QED) is 0.638. The van der Waals surface area contributed by atoms with Crippen molar-refractivity contribution in [2.45, 2.75) is 44.2 Å². The summed E-state index contributed by atoms with van der Waals surface area (Å²) in [5.74, 6) is -1.81. The summed E-state index contributed by atoms with van der Waals surface area (Å²) in [6.45, 7) is 5.00. The lowest BCUT2D eigenvalue weighted by Gasteiger charge is -2.20. The van der Waals surface area contributed by atoms with E-state index in [0.717, 1.165) is 0 Å². The fourth-order valence-electron chi connectivity index (χ4n) is 1.96. The van der Waals surface area contributed by atoms with Gasteiger partial charge in [0.1, 0.15) is 6.04 Å². The summed E-state index contributed by atoms with van der Waals surface area (Å²) in [5.41, 5.74) is 0. The largest absolute Gasteiger partial charge is 0.480 e. The number of aliphatic carboxylic acids is 1. The Morgan fingerprint density at radius 1 is 1.17 bits per heavy atom. The highest BCUT2D eigenvalue weighted by molar-refractivity contribution is 7.89. The Morgan fingerprint density at radius 3 is 2.17 bits per heavy atom. The Kier molecular flexibility index (Phi) is 7.19. The van der Waals surface area contributed by atoms with Gasteiger partial charge in [-0.3, -0.25) is 4.79 Å². The van der Waals surface area contributed by atoms with Crippen LogP contribution in [0.1, 0.15) is 27.2 Å². The monoisotopic (exact) mass is 376 g/mol. The number of nitrogens with one attached hydrogen (secondary N) is 2. The molecule has 0 aliphatic heterocycles. The van der Waals surface area contributed by atoms with E-state index < -0.39 is 34.0 Å². The van der Waals surface area contributed by atoms with Gasteiger partial charge in [-0.2, -0.15) is 4.72 Å². The highest BCUT2D eigenvalue weighted by Gasteiger charge is 2.26. The molecule has 7 nitrogen and oxygen atoms in total. The van der Waals surface area contributed by atoms with Crippen LogP contribution in [0.15, 0.2) is 29.2 Å². The van der Waals surface area contributed by atoms with E-state index in [1.807, 2.05) is 13.8 Å². The smallest absolute Gasteiger partial charge is 0.326 e. The highest BCUT2D eigenvalue weighted by Crippen LogP contribution is 2.14. The minimum Gasteiger partial charge on any atom is -0.480 e. The number of hydrogen-bond donors (Lipinski definition) is 3. The van der Waals surface area contributed by atoms with Gasteiger partial charge in [-0.1, -0.05) is 25.4 Å². The molecule has 24 heavy (non-hydrogen) atoms. The molecule has 1 amide bonds. The first-order chi connectivity index (χ1) is 11.0. The van der Waals surface area contributed by atoms with Crippen molar-refractivity contribution in [3.8, 4) is 0 Å². The first-order valence-corrected chi connectivity index (χ1v) is 9.20. The lowest BCUT2D eigenvalue weighted by Crippen LogP contribution is -2.50. The number of carboxylic acids is 1. The molecule has 0 bridgehead atoms. The van der Waals surface area contributed by atoms with Gasteiger partial charge in [-0.25, -0.2) is 13.2 Å². The van der Waals surface area contributed by atoms with Gasteiger partial charge in [0.05, 0.1) is 10.9 Å². The Labute approximate surface area is 146 Å². The molecule has 2 unspecified atom stereocenters. The van der Waals surface area contributed by atoms with Crippen LogP contribution in [-0.4, -0.2) is 37.5 Å². The maximum Gasteiger partial charge on any atom is 0.326 e. The molecule has 0 saturated carbocycles. The second kappa shape index (κ2) is 8.46. The zero-order chi connectivity index (χ0) is 18.5. The number of amides is 1. The normalized spacial score (nSPS) is 14.2. The van der Waals surface area contributed by atoms with E-state index in [0.29, 0.717) is 5.02 Å². The molecule has 0 aromatic heterocycles. The lowest BCUT2D eigenvalue weighted by molar-refractivity contribution is -0.142. The van der Waals surface area contributed by atoms with Crippen molar-refractivity contribution < 1.29 is 23.1 Å². The van der Waals surface area contributed by atoms with Crippen LogP contribution in [0, 0.1) is 5.92 Å². The van der Waals surface area contributed by atoms with Gasteiger partial charge < -0.3 is 10.4 Å². The zero-order valence-electron chi connectivity index (χ0n) is 13.6. The first kappa shape index (κ1) is 20.4. The van der Waals surface area contributed by atoms with Crippen molar-refractivity contribution in [1.82, 2.24) is 10.0 Å². The van der Waals surface area contributed by atoms with Gasteiger partial charge in [0.25, 0.3) is 0 Å². The van der Waals surface area contributed by atoms with E-state index >= 15 is 0 Å². The van der Waals surface area contributed by atoms with Crippen LogP contribution in [0.2, 0.25) is 5.02 Å². The second-order valence-corrected chi connectivity index (χ2v) is 7.98. The molecule has 3 N–H and O–H groups in total.